The Hall–Kier alpha value is -0.860. The smallest absolute Gasteiger partial charge is 0.217 e. The summed E-state index contributed by atoms with van der Waals surface area (Å²) in [6, 6.07) is 0. The van der Waals surface area contributed by atoms with Crippen LogP contribution in [0, 0.1) is 0 Å². The maximum absolute atomic E-state index is 5.63. The Bertz CT molecular complexity index is 366. The van der Waals surface area contributed by atoms with Gasteiger partial charge in [-0.05, 0) is 62.3 Å². The van der Waals surface area contributed by atoms with Crippen LogP contribution in [0.2, 0.25) is 0 Å². The first-order valence-corrected chi connectivity index (χ1v) is 6.28. The van der Waals surface area contributed by atoms with Crippen molar-refractivity contribution in [3.8, 4) is 0 Å². The number of nitrogens with zero attached hydrogens (tertiary/aromatic N) is 2. The standard InChI is InChI=1S/C14H27N2O/c1-12(2,3)10-15-17-11(13(4,5)6)16(10)14(7,8)9/h1-9H3/q+1. The van der Waals surface area contributed by atoms with Crippen molar-refractivity contribution in [1.82, 2.24) is 5.16 Å². The lowest BCUT2D eigenvalue weighted by Gasteiger charge is -2.24. The second-order valence-electron chi connectivity index (χ2n) is 7.82. The molecule has 0 saturated heterocycles. The Kier molecular flexibility index (Phi) is 3.19. The second-order valence-corrected chi connectivity index (χ2v) is 7.82. The maximum atomic E-state index is 5.63. The van der Waals surface area contributed by atoms with Gasteiger partial charge in [0.15, 0.2) is 5.16 Å². The summed E-state index contributed by atoms with van der Waals surface area (Å²) in [5, 5.41) is 4.31. The van der Waals surface area contributed by atoms with Gasteiger partial charge in [0.1, 0.15) is 5.54 Å². The third-order valence-corrected chi connectivity index (χ3v) is 2.62. The molecule has 0 radical (unpaired) electrons. The first-order chi connectivity index (χ1) is 7.35. The summed E-state index contributed by atoms with van der Waals surface area (Å²) in [5.41, 5.74) is -0.0741. The molecule has 1 heterocycles. The summed E-state index contributed by atoms with van der Waals surface area (Å²) in [4.78, 5) is 0. The van der Waals surface area contributed by atoms with Gasteiger partial charge in [0.2, 0.25) is 0 Å². The molecular formula is C14H27N2O+. The molecule has 3 nitrogen and oxygen atoms in total. The van der Waals surface area contributed by atoms with E-state index in [4.69, 9.17) is 4.52 Å². The predicted octanol–water partition coefficient (Wildman–Crippen LogP) is 3.31. The summed E-state index contributed by atoms with van der Waals surface area (Å²) in [6.45, 7) is 19.5. The van der Waals surface area contributed by atoms with Gasteiger partial charge in [0.05, 0.1) is 10.8 Å². The Morgan fingerprint density at radius 1 is 0.824 bits per heavy atom. The summed E-state index contributed by atoms with van der Waals surface area (Å²) < 4.78 is 7.87. The van der Waals surface area contributed by atoms with Crippen LogP contribution < -0.4 is 4.57 Å². The molecule has 0 atom stereocenters. The van der Waals surface area contributed by atoms with E-state index in [0.29, 0.717) is 0 Å². The van der Waals surface area contributed by atoms with Crippen molar-refractivity contribution in [3.63, 3.8) is 0 Å². The van der Waals surface area contributed by atoms with Crippen LogP contribution >= 0.6 is 0 Å². The van der Waals surface area contributed by atoms with E-state index in [1.165, 1.54) is 0 Å². The largest absolute Gasteiger partial charge is 0.354 e. The van der Waals surface area contributed by atoms with Gasteiger partial charge >= 0.3 is 11.7 Å². The van der Waals surface area contributed by atoms with Gasteiger partial charge in [0.25, 0.3) is 0 Å². The minimum atomic E-state index is -0.0379. The van der Waals surface area contributed by atoms with Gasteiger partial charge in [-0.2, -0.15) is 4.57 Å². The topological polar surface area (TPSA) is 29.9 Å². The van der Waals surface area contributed by atoms with Crippen LogP contribution in [-0.4, -0.2) is 5.16 Å². The Labute approximate surface area is 105 Å². The third kappa shape index (κ3) is 2.88. The fourth-order valence-corrected chi connectivity index (χ4v) is 1.83. The third-order valence-electron chi connectivity index (χ3n) is 2.62. The monoisotopic (exact) mass is 239 g/mol. The minimum Gasteiger partial charge on any atom is -0.217 e. The molecule has 0 bridgehead atoms. The van der Waals surface area contributed by atoms with E-state index in [2.05, 4.69) is 72.0 Å². The highest BCUT2D eigenvalue weighted by Crippen LogP contribution is 2.26. The van der Waals surface area contributed by atoms with Crippen LogP contribution in [-0.2, 0) is 16.4 Å². The molecule has 0 fully saturated rings. The molecular weight excluding hydrogens is 212 g/mol. The van der Waals surface area contributed by atoms with Crippen LogP contribution in [0.25, 0.3) is 0 Å². The van der Waals surface area contributed by atoms with E-state index in [0.717, 1.165) is 11.7 Å². The summed E-state index contributed by atoms with van der Waals surface area (Å²) >= 11 is 0. The normalized spacial score (nSPS) is 14.2. The van der Waals surface area contributed by atoms with Crippen molar-refractivity contribution in [2.45, 2.75) is 78.7 Å². The van der Waals surface area contributed by atoms with Crippen LogP contribution in [0.1, 0.15) is 74.0 Å². The molecule has 0 aliphatic rings. The van der Waals surface area contributed by atoms with Gasteiger partial charge in [-0.1, -0.05) is 0 Å². The first-order valence-electron chi connectivity index (χ1n) is 6.28. The van der Waals surface area contributed by atoms with E-state index in [1.807, 2.05) is 0 Å². The average Bonchev–Trinajstić information content (AvgIpc) is 2.42. The number of rotatable bonds is 0. The van der Waals surface area contributed by atoms with Crippen LogP contribution in [0.4, 0.5) is 0 Å². The van der Waals surface area contributed by atoms with Crippen molar-refractivity contribution in [1.29, 1.82) is 0 Å². The molecule has 0 aliphatic carbocycles. The quantitative estimate of drug-likeness (QED) is 0.650. The van der Waals surface area contributed by atoms with E-state index >= 15 is 0 Å². The van der Waals surface area contributed by atoms with E-state index in [-0.39, 0.29) is 16.4 Å². The fraction of sp³-hybridized carbons (Fsp3) is 0.857. The molecule has 0 aromatic carbocycles. The first kappa shape index (κ1) is 14.2. The SMILES string of the molecule is CC(C)(C)c1noc(C(C)(C)C)[n+]1C(C)(C)C. The Balaban J connectivity index is 3.53. The summed E-state index contributed by atoms with van der Waals surface area (Å²) in [5.74, 6) is 1.95. The predicted molar refractivity (Wildman–Crippen MR) is 69.1 cm³/mol. The second kappa shape index (κ2) is 3.82. The number of hydrogen-bond acceptors (Lipinski definition) is 2. The van der Waals surface area contributed by atoms with E-state index < -0.39 is 0 Å². The lowest BCUT2D eigenvalue weighted by atomic mass is 9.91. The summed E-state index contributed by atoms with van der Waals surface area (Å²) in [6.07, 6.45) is 0. The molecule has 1 aromatic heterocycles. The Morgan fingerprint density at radius 2 is 1.29 bits per heavy atom. The highest BCUT2D eigenvalue weighted by Gasteiger charge is 2.43. The molecule has 3 heteroatoms. The molecule has 1 rings (SSSR count). The molecule has 1 aromatic rings. The highest BCUT2D eigenvalue weighted by atomic mass is 16.5. The van der Waals surface area contributed by atoms with Gasteiger partial charge < -0.3 is 0 Å². The highest BCUT2D eigenvalue weighted by molar-refractivity contribution is 4.97. The molecule has 98 valence electrons. The van der Waals surface area contributed by atoms with E-state index in [9.17, 15) is 0 Å². The zero-order valence-electron chi connectivity index (χ0n) is 12.8. The summed E-state index contributed by atoms with van der Waals surface area (Å²) in [7, 11) is 0. The average molecular weight is 239 g/mol. The van der Waals surface area contributed by atoms with Crippen molar-refractivity contribution >= 4 is 0 Å². The van der Waals surface area contributed by atoms with Crippen molar-refractivity contribution in [2.24, 2.45) is 0 Å². The zero-order chi connectivity index (χ0) is 13.6. The molecule has 0 unspecified atom stereocenters. The van der Waals surface area contributed by atoms with Crippen LogP contribution in [0.15, 0.2) is 4.52 Å². The van der Waals surface area contributed by atoms with Gasteiger partial charge in [0, 0.05) is 0 Å². The van der Waals surface area contributed by atoms with Crippen LogP contribution in [0.5, 0.6) is 0 Å². The van der Waals surface area contributed by atoms with Crippen molar-refractivity contribution in [2.75, 3.05) is 0 Å². The molecule has 0 N–H and O–H groups in total. The Morgan fingerprint density at radius 3 is 1.59 bits per heavy atom. The zero-order valence-corrected chi connectivity index (χ0v) is 12.8. The van der Waals surface area contributed by atoms with Gasteiger partial charge in [-0.3, -0.25) is 0 Å². The maximum Gasteiger partial charge on any atom is 0.354 e. The van der Waals surface area contributed by atoms with Crippen molar-refractivity contribution < 1.29 is 9.09 Å². The lowest BCUT2D eigenvalue weighted by Crippen LogP contribution is -2.58. The van der Waals surface area contributed by atoms with Crippen molar-refractivity contribution in [3.05, 3.63) is 11.7 Å². The molecule has 0 spiro atoms. The fourth-order valence-electron chi connectivity index (χ4n) is 1.83. The van der Waals surface area contributed by atoms with E-state index in [1.54, 1.807) is 0 Å². The van der Waals surface area contributed by atoms with Crippen LogP contribution in [0.3, 0.4) is 0 Å². The molecule has 0 amide bonds. The molecule has 17 heavy (non-hydrogen) atoms. The number of aromatic nitrogens is 2. The van der Waals surface area contributed by atoms with Gasteiger partial charge in [-0.25, -0.2) is 4.52 Å². The van der Waals surface area contributed by atoms with Gasteiger partial charge in [-0.15, -0.1) is 0 Å². The number of hydrogen-bond donors (Lipinski definition) is 0. The lowest BCUT2D eigenvalue weighted by molar-refractivity contribution is -0.775. The molecule has 0 saturated carbocycles. The molecule has 0 aliphatic heterocycles. The minimum absolute atomic E-state index is 0.0136.